The van der Waals surface area contributed by atoms with Crippen LogP contribution in [0.25, 0.3) is 0 Å². The molecule has 112 valence electrons. The van der Waals surface area contributed by atoms with Gasteiger partial charge in [0, 0.05) is 25.7 Å². The number of carbonyl (C=O) groups excluding carboxylic acids is 1. The minimum absolute atomic E-state index is 0.123. The van der Waals surface area contributed by atoms with Crippen LogP contribution in [0, 0.1) is 0 Å². The van der Waals surface area contributed by atoms with Crippen molar-refractivity contribution < 1.29 is 9.53 Å². The lowest BCUT2D eigenvalue weighted by molar-refractivity contribution is 0.183. The number of nitrogens with one attached hydrogen (secondary N) is 2. The Labute approximate surface area is 123 Å². The van der Waals surface area contributed by atoms with Crippen molar-refractivity contribution in [1.82, 2.24) is 20.1 Å². The molecule has 0 aliphatic heterocycles. The molecule has 2 N–H and O–H groups in total. The molecule has 2 aromatic rings. The first kappa shape index (κ1) is 15.0. The number of hydrogen-bond donors (Lipinski definition) is 2. The molecule has 0 fully saturated rings. The number of rotatable bonds is 6. The lowest BCUT2D eigenvalue weighted by atomic mass is 10.1. The van der Waals surface area contributed by atoms with E-state index in [1.165, 1.54) is 0 Å². The van der Waals surface area contributed by atoms with Gasteiger partial charge in [0.1, 0.15) is 0 Å². The van der Waals surface area contributed by atoms with Gasteiger partial charge in [-0.3, -0.25) is 9.67 Å². The van der Waals surface area contributed by atoms with E-state index in [2.05, 4.69) is 20.7 Å². The Morgan fingerprint density at radius 2 is 2.33 bits per heavy atom. The monoisotopic (exact) mass is 289 g/mol. The molecule has 0 radical (unpaired) electrons. The average molecular weight is 289 g/mol. The molecule has 0 bridgehead atoms. The maximum absolute atomic E-state index is 11.9. The van der Waals surface area contributed by atoms with Gasteiger partial charge in [0.15, 0.2) is 0 Å². The highest BCUT2D eigenvalue weighted by atomic mass is 16.5. The molecule has 2 rings (SSSR count). The van der Waals surface area contributed by atoms with E-state index in [-0.39, 0.29) is 12.1 Å². The maximum atomic E-state index is 11.9. The predicted molar refractivity (Wildman–Crippen MR) is 78.9 cm³/mol. The van der Waals surface area contributed by atoms with Crippen molar-refractivity contribution in [2.45, 2.75) is 19.5 Å². The van der Waals surface area contributed by atoms with Gasteiger partial charge in [0.05, 0.1) is 31.1 Å². The summed E-state index contributed by atoms with van der Waals surface area (Å²) in [6, 6.07) is 3.35. The topological polar surface area (TPSA) is 81.1 Å². The van der Waals surface area contributed by atoms with Crippen molar-refractivity contribution in [1.29, 1.82) is 0 Å². The molecular formula is C14H19N5O2. The summed E-state index contributed by atoms with van der Waals surface area (Å²) in [6.07, 6.45) is 6.79. The van der Waals surface area contributed by atoms with E-state index in [0.29, 0.717) is 18.8 Å². The largest absolute Gasteiger partial charge is 0.383 e. The van der Waals surface area contributed by atoms with E-state index < -0.39 is 0 Å². The Bertz CT molecular complexity index is 570. The van der Waals surface area contributed by atoms with Crippen molar-refractivity contribution in [3.63, 3.8) is 0 Å². The van der Waals surface area contributed by atoms with Crippen LogP contribution in [-0.4, -0.2) is 34.5 Å². The summed E-state index contributed by atoms with van der Waals surface area (Å²) in [5, 5.41) is 9.72. The highest BCUT2D eigenvalue weighted by Gasteiger charge is 2.10. The van der Waals surface area contributed by atoms with Crippen molar-refractivity contribution in [3.05, 3.63) is 42.5 Å². The number of nitrogens with zero attached hydrogens (tertiary/aromatic N) is 3. The summed E-state index contributed by atoms with van der Waals surface area (Å²) >= 11 is 0. The third kappa shape index (κ3) is 4.57. The predicted octanol–water partition coefficient (Wildman–Crippen LogP) is 1.81. The first-order chi connectivity index (χ1) is 10.2. The number of amides is 2. The highest BCUT2D eigenvalue weighted by molar-refractivity contribution is 5.89. The Balaban J connectivity index is 1.85. The molecule has 21 heavy (non-hydrogen) atoms. The zero-order chi connectivity index (χ0) is 15.1. The number of methoxy groups -OCH3 is 1. The fraction of sp³-hybridized carbons (Fsp3) is 0.357. The smallest absolute Gasteiger partial charge is 0.319 e. The van der Waals surface area contributed by atoms with Gasteiger partial charge >= 0.3 is 6.03 Å². The summed E-state index contributed by atoms with van der Waals surface area (Å²) in [7, 11) is 1.63. The van der Waals surface area contributed by atoms with Gasteiger partial charge in [-0.25, -0.2) is 4.79 Å². The van der Waals surface area contributed by atoms with Gasteiger partial charge in [-0.05, 0) is 18.6 Å². The second kappa shape index (κ2) is 7.39. The third-order valence-electron chi connectivity index (χ3n) is 2.95. The number of aromatic nitrogens is 3. The van der Waals surface area contributed by atoms with Gasteiger partial charge in [-0.2, -0.15) is 5.10 Å². The van der Waals surface area contributed by atoms with Gasteiger partial charge < -0.3 is 15.4 Å². The van der Waals surface area contributed by atoms with Crippen molar-refractivity contribution in [2.24, 2.45) is 0 Å². The van der Waals surface area contributed by atoms with Gasteiger partial charge in [-0.15, -0.1) is 0 Å². The molecule has 0 spiro atoms. The van der Waals surface area contributed by atoms with Crippen molar-refractivity contribution in [3.8, 4) is 0 Å². The Hall–Kier alpha value is -2.41. The number of pyridine rings is 1. The van der Waals surface area contributed by atoms with Crippen LogP contribution >= 0.6 is 0 Å². The van der Waals surface area contributed by atoms with Gasteiger partial charge in [0.25, 0.3) is 0 Å². The van der Waals surface area contributed by atoms with Crippen LogP contribution in [0.4, 0.5) is 10.5 Å². The SMILES string of the molecule is COCCn1cc(NC(=O)N[C@H](C)c2cccnc2)cn1. The highest BCUT2D eigenvalue weighted by Crippen LogP contribution is 2.10. The molecule has 0 saturated heterocycles. The number of anilines is 1. The van der Waals surface area contributed by atoms with Gasteiger partial charge in [-0.1, -0.05) is 6.07 Å². The number of urea groups is 1. The van der Waals surface area contributed by atoms with Crippen LogP contribution in [0.15, 0.2) is 36.9 Å². The first-order valence-electron chi connectivity index (χ1n) is 6.68. The van der Waals surface area contributed by atoms with E-state index >= 15 is 0 Å². The van der Waals surface area contributed by atoms with Crippen LogP contribution in [0.2, 0.25) is 0 Å². The molecule has 0 aliphatic carbocycles. The summed E-state index contributed by atoms with van der Waals surface area (Å²) in [5.74, 6) is 0. The Kier molecular flexibility index (Phi) is 5.28. The normalized spacial score (nSPS) is 11.9. The standard InChI is InChI=1S/C14H19N5O2/c1-11(12-4-3-5-15-8-12)17-14(20)18-13-9-16-19(10-13)6-7-21-2/h3-5,8-11H,6-7H2,1-2H3,(H2,17,18,20)/t11-/m1/s1. The molecule has 1 atom stereocenters. The summed E-state index contributed by atoms with van der Waals surface area (Å²) in [4.78, 5) is 15.9. The Morgan fingerprint density at radius 1 is 1.48 bits per heavy atom. The van der Waals surface area contributed by atoms with Gasteiger partial charge in [0.2, 0.25) is 0 Å². The zero-order valence-electron chi connectivity index (χ0n) is 12.1. The molecule has 7 heteroatoms. The fourth-order valence-electron chi connectivity index (χ4n) is 1.81. The summed E-state index contributed by atoms with van der Waals surface area (Å²) in [5.41, 5.74) is 1.59. The van der Waals surface area contributed by atoms with E-state index in [0.717, 1.165) is 5.56 Å². The molecular weight excluding hydrogens is 270 g/mol. The third-order valence-corrected chi connectivity index (χ3v) is 2.95. The molecule has 2 aromatic heterocycles. The van der Waals surface area contributed by atoms with Crippen LogP contribution in [0.1, 0.15) is 18.5 Å². The molecule has 0 aromatic carbocycles. The second-order valence-electron chi connectivity index (χ2n) is 4.59. The van der Waals surface area contributed by atoms with Crippen molar-refractivity contribution in [2.75, 3.05) is 19.0 Å². The number of hydrogen-bond acceptors (Lipinski definition) is 4. The van der Waals surface area contributed by atoms with E-state index in [1.54, 1.807) is 36.6 Å². The second-order valence-corrected chi connectivity index (χ2v) is 4.59. The van der Waals surface area contributed by atoms with Crippen LogP contribution in [0.3, 0.4) is 0 Å². The zero-order valence-corrected chi connectivity index (χ0v) is 12.1. The molecule has 7 nitrogen and oxygen atoms in total. The summed E-state index contributed by atoms with van der Waals surface area (Å²) in [6.45, 7) is 3.12. The minimum atomic E-state index is -0.280. The average Bonchev–Trinajstić information content (AvgIpc) is 2.93. The molecule has 0 unspecified atom stereocenters. The fourth-order valence-corrected chi connectivity index (χ4v) is 1.81. The van der Waals surface area contributed by atoms with Crippen LogP contribution in [-0.2, 0) is 11.3 Å². The summed E-state index contributed by atoms with van der Waals surface area (Å²) < 4.78 is 6.68. The maximum Gasteiger partial charge on any atom is 0.319 e. The molecule has 2 amide bonds. The van der Waals surface area contributed by atoms with Crippen molar-refractivity contribution >= 4 is 11.7 Å². The quantitative estimate of drug-likeness (QED) is 0.849. The van der Waals surface area contributed by atoms with Crippen LogP contribution < -0.4 is 10.6 Å². The van der Waals surface area contributed by atoms with E-state index in [9.17, 15) is 4.79 Å². The molecule has 0 aliphatic rings. The lowest BCUT2D eigenvalue weighted by Crippen LogP contribution is -2.31. The number of ether oxygens (including phenoxy) is 1. The Morgan fingerprint density at radius 3 is 3.05 bits per heavy atom. The minimum Gasteiger partial charge on any atom is -0.383 e. The number of carbonyl (C=O) groups is 1. The molecule has 0 saturated carbocycles. The van der Waals surface area contributed by atoms with E-state index in [4.69, 9.17) is 4.74 Å². The van der Waals surface area contributed by atoms with Crippen LogP contribution in [0.5, 0.6) is 0 Å². The lowest BCUT2D eigenvalue weighted by Gasteiger charge is -2.13. The van der Waals surface area contributed by atoms with E-state index in [1.807, 2.05) is 19.1 Å². The molecule has 2 heterocycles. The first-order valence-corrected chi connectivity index (χ1v) is 6.68.